The maximum Gasteiger partial charge on any atom is 3.00 e. The fourth-order valence-corrected chi connectivity index (χ4v) is 8.42. The molecule has 0 aliphatic heterocycles. The number of hydrogen-bond acceptors (Lipinski definition) is 3. The van der Waals surface area contributed by atoms with E-state index in [2.05, 4.69) is 115 Å². The average Bonchev–Trinajstić information content (AvgIpc) is 3.38. The van der Waals surface area contributed by atoms with Crippen LogP contribution >= 0.6 is 0 Å². The number of rotatable bonds is 13. The second-order valence-electron chi connectivity index (χ2n) is 16.2. The smallest absolute Gasteiger partial charge is 0.304 e. The first-order chi connectivity index (χ1) is 32.1. The van der Waals surface area contributed by atoms with E-state index >= 15 is 0 Å². The van der Waals surface area contributed by atoms with Gasteiger partial charge < -0.3 is 15.0 Å². The SMILES string of the molecule is Fc1ccc(-c2ccc(-c3cc(-c4[c-]cccc4)ncc3-c3ccccc3-c3cc(CCc4ccc(-c5[c-]cccc5)nc4)cc(CCc4ccc(-c5[c-]cccc5)nc4)c3)cc2)cc1.[Ir+3]. The molecular formula is C61H43FIrN3. The molecule has 66 heavy (non-hydrogen) atoms. The summed E-state index contributed by atoms with van der Waals surface area (Å²) in [5, 5.41) is 0. The summed E-state index contributed by atoms with van der Waals surface area (Å²) in [6.45, 7) is 0. The van der Waals surface area contributed by atoms with E-state index in [1.165, 1.54) is 34.4 Å². The summed E-state index contributed by atoms with van der Waals surface area (Å²) in [5.74, 6) is -0.247. The Balaban J connectivity index is 0.00000548. The number of benzene rings is 7. The summed E-state index contributed by atoms with van der Waals surface area (Å²) in [5.41, 5.74) is 19.1. The summed E-state index contributed by atoms with van der Waals surface area (Å²) in [7, 11) is 0. The van der Waals surface area contributed by atoms with Gasteiger partial charge in [0.1, 0.15) is 5.82 Å². The summed E-state index contributed by atoms with van der Waals surface area (Å²) in [4.78, 5) is 14.6. The molecule has 0 saturated heterocycles. The average molecular weight is 1030 g/mol. The van der Waals surface area contributed by atoms with Crippen molar-refractivity contribution in [2.45, 2.75) is 25.7 Å². The van der Waals surface area contributed by atoms with Crippen molar-refractivity contribution in [3.05, 3.63) is 259 Å². The zero-order valence-corrected chi connectivity index (χ0v) is 38.5. The van der Waals surface area contributed by atoms with E-state index in [0.29, 0.717) is 0 Å². The molecule has 5 heteroatoms. The van der Waals surface area contributed by atoms with Crippen molar-refractivity contribution in [1.29, 1.82) is 0 Å². The van der Waals surface area contributed by atoms with Gasteiger partial charge in [0.15, 0.2) is 0 Å². The van der Waals surface area contributed by atoms with Crippen LogP contribution in [0.5, 0.6) is 0 Å². The fourth-order valence-electron chi connectivity index (χ4n) is 8.42. The Labute approximate surface area is 400 Å². The second-order valence-corrected chi connectivity index (χ2v) is 16.2. The minimum Gasteiger partial charge on any atom is -0.304 e. The molecule has 0 aliphatic rings. The first-order valence-electron chi connectivity index (χ1n) is 22.0. The molecule has 0 unspecified atom stereocenters. The molecule has 7 aromatic carbocycles. The van der Waals surface area contributed by atoms with Gasteiger partial charge in [-0.3, -0.25) is 0 Å². The Morgan fingerprint density at radius 2 is 0.788 bits per heavy atom. The van der Waals surface area contributed by atoms with Crippen molar-refractivity contribution >= 4 is 0 Å². The molecule has 3 aromatic heterocycles. The maximum atomic E-state index is 13.8. The number of aryl methyl sites for hydroxylation is 4. The molecule has 3 nitrogen and oxygen atoms in total. The molecule has 0 atom stereocenters. The van der Waals surface area contributed by atoms with Crippen molar-refractivity contribution in [2.24, 2.45) is 0 Å². The van der Waals surface area contributed by atoms with Gasteiger partial charge in [-0.05, 0) is 116 Å². The van der Waals surface area contributed by atoms with Crippen LogP contribution < -0.4 is 0 Å². The van der Waals surface area contributed by atoms with E-state index in [1.54, 1.807) is 0 Å². The minimum atomic E-state index is -0.247. The van der Waals surface area contributed by atoms with Gasteiger partial charge in [-0.15, -0.1) is 108 Å². The van der Waals surface area contributed by atoms with E-state index in [-0.39, 0.29) is 25.9 Å². The number of nitrogens with zero attached hydrogens (tertiary/aromatic N) is 3. The standard InChI is InChI=1S/C61H43FN3.Ir/c62-54-32-30-48(31-33-54)47-26-28-49(29-27-47)57-39-61(52-16-8-3-9-17-52)65-42-58(57)56-19-11-10-18-55(56)53-37-45(22-20-43-24-34-59(63-40-43)50-12-4-1-5-13-50)36-46(38-53)23-21-44-25-35-60(64-41-44)51-14-6-2-7-15-51;/h1-12,14,16,18-19,24-42H,20-23H2;/q-3;+3. The number of hydrogen-bond donors (Lipinski definition) is 0. The largest absolute Gasteiger partial charge is 3.00 e. The van der Waals surface area contributed by atoms with Gasteiger partial charge in [-0.1, -0.05) is 109 Å². The zero-order chi connectivity index (χ0) is 43.8. The van der Waals surface area contributed by atoms with Crippen LogP contribution in [-0.4, -0.2) is 15.0 Å². The molecule has 0 fully saturated rings. The maximum absolute atomic E-state index is 13.8. The molecule has 10 aromatic rings. The minimum absolute atomic E-state index is 0. The first kappa shape index (κ1) is 43.8. The van der Waals surface area contributed by atoms with Crippen LogP contribution in [0.25, 0.3) is 78.3 Å². The predicted octanol–water partition coefficient (Wildman–Crippen LogP) is 14.6. The van der Waals surface area contributed by atoms with Crippen molar-refractivity contribution in [2.75, 3.05) is 0 Å². The molecule has 0 spiro atoms. The number of halogens is 1. The zero-order valence-electron chi connectivity index (χ0n) is 36.1. The molecule has 10 rings (SSSR count). The summed E-state index contributed by atoms with van der Waals surface area (Å²) in [6.07, 6.45) is 9.45. The molecule has 0 radical (unpaired) electrons. The van der Waals surface area contributed by atoms with Gasteiger partial charge in [0, 0.05) is 24.2 Å². The second kappa shape index (κ2) is 20.6. The molecule has 0 saturated carbocycles. The number of pyridine rings is 3. The predicted molar refractivity (Wildman–Crippen MR) is 262 cm³/mol. The third-order valence-corrected chi connectivity index (χ3v) is 11.9. The van der Waals surface area contributed by atoms with Gasteiger partial charge in [-0.2, -0.15) is 0 Å². The van der Waals surface area contributed by atoms with Gasteiger partial charge in [-0.25, -0.2) is 4.39 Å². The Morgan fingerprint density at radius 3 is 1.29 bits per heavy atom. The molecule has 3 heterocycles. The van der Waals surface area contributed by atoms with Crippen LogP contribution in [0.15, 0.2) is 213 Å². The van der Waals surface area contributed by atoms with Gasteiger partial charge in [0.2, 0.25) is 0 Å². The normalized spacial score (nSPS) is 10.9. The Bertz CT molecular complexity index is 3050. The summed E-state index contributed by atoms with van der Waals surface area (Å²) in [6, 6.07) is 75.5. The van der Waals surface area contributed by atoms with Crippen molar-refractivity contribution in [3.8, 4) is 78.3 Å². The van der Waals surface area contributed by atoms with Crippen LogP contribution in [0.4, 0.5) is 4.39 Å². The molecule has 0 amide bonds. The molecular weight excluding hydrogens is 986 g/mol. The van der Waals surface area contributed by atoms with E-state index < -0.39 is 0 Å². The van der Waals surface area contributed by atoms with Gasteiger partial charge in [0.25, 0.3) is 0 Å². The van der Waals surface area contributed by atoms with Crippen LogP contribution in [0.2, 0.25) is 0 Å². The van der Waals surface area contributed by atoms with E-state index in [0.717, 1.165) is 104 Å². The third kappa shape index (κ3) is 10.2. The third-order valence-electron chi connectivity index (χ3n) is 11.9. The first-order valence-corrected chi connectivity index (χ1v) is 22.0. The quantitative estimate of drug-likeness (QED) is 0.108. The van der Waals surface area contributed by atoms with Crippen LogP contribution in [0.1, 0.15) is 22.3 Å². The molecule has 0 N–H and O–H groups in total. The van der Waals surface area contributed by atoms with Crippen LogP contribution in [-0.2, 0) is 45.8 Å². The Morgan fingerprint density at radius 1 is 0.333 bits per heavy atom. The fraction of sp³-hybridized carbons (Fsp3) is 0.0656. The van der Waals surface area contributed by atoms with Crippen molar-refractivity contribution in [3.63, 3.8) is 0 Å². The Hall–Kier alpha value is -7.43. The molecule has 0 bridgehead atoms. The van der Waals surface area contributed by atoms with E-state index in [9.17, 15) is 4.39 Å². The molecule has 0 aliphatic carbocycles. The number of aromatic nitrogens is 3. The van der Waals surface area contributed by atoms with Crippen LogP contribution in [0.3, 0.4) is 0 Å². The topological polar surface area (TPSA) is 38.7 Å². The van der Waals surface area contributed by atoms with Crippen LogP contribution in [0, 0.1) is 24.0 Å². The Kier molecular flexibility index (Phi) is 13.7. The van der Waals surface area contributed by atoms with Crippen molar-refractivity contribution < 1.29 is 24.5 Å². The van der Waals surface area contributed by atoms with E-state index in [4.69, 9.17) is 15.0 Å². The summed E-state index contributed by atoms with van der Waals surface area (Å²) < 4.78 is 13.8. The van der Waals surface area contributed by atoms with Crippen molar-refractivity contribution in [1.82, 2.24) is 15.0 Å². The monoisotopic (exact) mass is 1030 g/mol. The van der Waals surface area contributed by atoms with Gasteiger partial charge in [0.05, 0.1) is 0 Å². The van der Waals surface area contributed by atoms with Gasteiger partial charge >= 0.3 is 20.1 Å². The van der Waals surface area contributed by atoms with E-state index in [1.807, 2.05) is 104 Å². The molecule has 318 valence electrons. The summed E-state index contributed by atoms with van der Waals surface area (Å²) >= 11 is 0.